The van der Waals surface area contributed by atoms with Gasteiger partial charge in [-0.3, -0.25) is 13.9 Å². The Bertz CT molecular complexity index is 1580. The topological polar surface area (TPSA) is 124 Å². The van der Waals surface area contributed by atoms with Crippen LogP contribution in [-0.2, 0) is 26.2 Å². The molecule has 3 aromatic carbocycles. The molecule has 0 heterocycles. The number of hydrogen-bond donors (Lipinski definition) is 1. The van der Waals surface area contributed by atoms with Crippen molar-refractivity contribution in [3.05, 3.63) is 71.2 Å². The zero-order valence-corrected chi connectivity index (χ0v) is 28.6. The first-order chi connectivity index (χ1) is 22.0. The van der Waals surface area contributed by atoms with Crippen molar-refractivity contribution in [1.29, 1.82) is 0 Å². The van der Waals surface area contributed by atoms with Crippen molar-refractivity contribution in [2.75, 3.05) is 45.8 Å². The van der Waals surface area contributed by atoms with Crippen molar-refractivity contribution in [3.63, 3.8) is 0 Å². The highest BCUT2D eigenvalue weighted by molar-refractivity contribution is 7.92. The van der Waals surface area contributed by atoms with Crippen molar-refractivity contribution < 1.29 is 37.0 Å². The van der Waals surface area contributed by atoms with Crippen LogP contribution >= 0.6 is 11.6 Å². The number of unbranched alkanes of at least 4 members (excludes halogenated alkanes) is 1. The van der Waals surface area contributed by atoms with Crippen LogP contribution in [0.4, 0.5) is 5.69 Å². The van der Waals surface area contributed by atoms with E-state index in [1.807, 2.05) is 6.92 Å². The fraction of sp³-hybridized carbons (Fsp3) is 0.394. The molecule has 3 aromatic rings. The number of rotatable bonds is 17. The SMILES string of the molecule is CCCCNC(=O)[C@H](CC)N(Cc1ccc(OC)cc1)C(=O)CN(c1cc(Cl)ccc1OC)S(=O)(=O)c1ccc(OC)c(OC)c1. The van der Waals surface area contributed by atoms with Gasteiger partial charge in [0.25, 0.3) is 10.0 Å². The number of anilines is 1. The number of methoxy groups -OCH3 is 4. The lowest BCUT2D eigenvalue weighted by Crippen LogP contribution is -2.52. The summed E-state index contributed by atoms with van der Waals surface area (Å²) in [6.45, 7) is 3.65. The average molecular weight is 676 g/mol. The molecule has 0 aliphatic rings. The number of hydrogen-bond acceptors (Lipinski definition) is 8. The molecule has 46 heavy (non-hydrogen) atoms. The van der Waals surface area contributed by atoms with Gasteiger partial charge in [-0.05, 0) is 60.9 Å². The molecule has 3 rings (SSSR count). The summed E-state index contributed by atoms with van der Waals surface area (Å²) in [6.07, 6.45) is 1.96. The first kappa shape index (κ1) is 36.3. The summed E-state index contributed by atoms with van der Waals surface area (Å²) in [5, 5.41) is 3.15. The molecule has 13 heteroatoms. The summed E-state index contributed by atoms with van der Waals surface area (Å²) in [6, 6.07) is 14.8. The number of benzene rings is 3. The third kappa shape index (κ3) is 8.76. The number of carbonyl (C=O) groups excluding carboxylic acids is 2. The number of nitrogens with zero attached hydrogens (tertiary/aromatic N) is 2. The van der Waals surface area contributed by atoms with Gasteiger partial charge in [-0.25, -0.2) is 8.42 Å². The Morgan fingerprint density at radius 3 is 2.09 bits per heavy atom. The molecule has 250 valence electrons. The number of halogens is 1. The standard InChI is InChI=1S/C33H42ClN3O8S/c1-7-9-18-35-33(39)27(8-2)36(21-23-10-13-25(42-3)14-11-23)32(38)22-37(28-19-24(34)12-16-29(28)43-4)46(40,41)26-15-17-30(44-5)31(20-26)45-6/h10-17,19-20,27H,7-9,18,21-22H2,1-6H3,(H,35,39)/t27-/m0/s1. The minimum atomic E-state index is -4.45. The van der Waals surface area contributed by atoms with E-state index in [0.717, 1.165) is 22.7 Å². The van der Waals surface area contributed by atoms with Crippen LogP contribution in [0.3, 0.4) is 0 Å². The minimum absolute atomic E-state index is 0.0411. The zero-order valence-electron chi connectivity index (χ0n) is 27.0. The van der Waals surface area contributed by atoms with Crippen LogP contribution in [0.15, 0.2) is 65.6 Å². The molecule has 11 nitrogen and oxygen atoms in total. The lowest BCUT2D eigenvalue weighted by Gasteiger charge is -2.33. The van der Waals surface area contributed by atoms with E-state index in [1.165, 1.54) is 56.6 Å². The van der Waals surface area contributed by atoms with Gasteiger partial charge in [-0.1, -0.05) is 44.0 Å². The Balaban J connectivity index is 2.15. The Morgan fingerprint density at radius 2 is 1.50 bits per heavy atom. The average Bonchev–Trinajstić information content (AvgIpc) is 3.06. The molecular formula is C33H42ClN3O8S. The van der Waals surface area contributed by atoms with Crippen molar-refractivity contribution in [1.82, 2.24) is 10.2 Å². The molecule has 0 fully saturated rings. The molecule has 0 aliphatic heterocycles. The lowest BCUT2D eigenvalue weighted by molar-refractivity contribution is -0.140. The van der Waals surface area contributed by atoms with Gasteiger partial charge in [0.1, 0.15) is 24.1 Å². The fourth-order valence-corrected chi connectivity index (χ4v) is 6.43. The highest BCUT2D eigenvalue weighted by Crippen LogP contribution is 2.37. The fourth-order valence-electron chi connectivity index (χ4n) is 4.83. The number of nitrogens with one attached hydrogen (secondary N) is 1. The van der Waals surface area contributed by atoms with E-state index in [1.54, 1.807) is 44.4 Å². The highest BCUT2D eigenvalue weighted by Gasteiger charge is 2.35. The maximum absolute atomic E-state index is 14.4. The summed E-state index contributed by atoms with van der Waals surface area (Å²) in [7, 11) is 1.32. The van der Waals surface area contributed by atoms with Crippen molar-refractivity contribution in [2.24, 2.45) is 0 Å². The van der Waals surface area contributed by atoms with Crippen LogP contribution in [0, 0.1) is 0 Å². The normalized spacial score (nSPS) is 11.7. The Kier molecular flexibility index (Phi) is 13.4. The zero-order chi connectivity index (χ0) is 33.9. The molecule has 0 aliphatic carbocycles. The third-order valence-electron chi connectivity index (χ3n) is 7.36. The number of amides is 2. The largest absolute Gasteiger partial charge is 0.497 e. The van der Waals surface area contributed by atoms with E-state index in [-0.39, 0.29) is 39.6 Å². The summed E-state index contributed by atoms with van der Waals surface area (Å²) in [5.41, 5.74) is 0.770. The van der Waals surface area contributed by atoms with Gasteiger partial charge in [-0.2, -0.15) is 0 Å². The molecule has 2 amide bonds. The second kappa shape index (κ2) is 17.0. The second-order valence-electron chi connectivity index (χ2n) is 10.3. The van der Waals surface area contributed by atoms with Crippen molar-refractivity contribution in [2.45, 2.75) is 50.6 Å². The van der Waals surface area contributed by atoms with E-state index >= 15 is 0 Å². The van der Waals surface area contributed by atoms with Gasteiger partial charge < -0.3 is 29.2 Å². The maximum Gasteiger partial charge on any atom is 0.265 e. The molecule has 0 spiro atoms. The third-order valence-corrected chi connectivity index (χ3v) is 9.35. The van der Waals surface area contributed by atoms with E-state index < -0.39 is 28.5 Å². The Labute approximate surface area is 276 Å². The molecular weight excluding hydrogens is 634 g/mol. The van der Waals surface area contributed by atoms with Crippen LogP contribution in [0.25, 0.3) is 0 Å². The molecule has 0 bridgehead atoms. The first-order valence-corrected chi connectivity index (χ1v) is 16.6. The summed E-state index contributed by atoms with van der Waals surface area (Å²) < 4.78 is 51.1. The predicted molar refractivity (Wildman–Crippen MR) is 178 cm³/mol. The van der Waals surface area contributed by atoms with Crippen LogP contribution in [0.5, 0.6) is 23.0 Å². The van der Waals surface area contributed by atoms with E-state index in [4.69, 9.17) is 30.5 Å². The second-order valence-corrected chi connectivity index (χ2v) is 12.6. The van der Waals surface area contributed by atoms with Gasteiger partial charge in [0.05, 0.1) is 39.0 Å². The molecule has 1 atom stereocenters. The van der Waals surface area contributed by atoms with Gasteiger partial charge in [-0.15, -0.1) is 0 Å². The van der Waals surface area contributed by atoms with Crippen LogP contribution in [-0.4, -0.2) is 72.7 Å². The number of sulfonamides is 1. The van der Waals surface area contributed by atoms with E-state index in [0.29, 0.717) is 24.5 Å². The van der Waals surface area contributed by atoms with Crippen LogP contribution in [0.2, 0.25) is 5.02 Å². The molecule has 1 N–H and O–H groups in total. The summed E-state index contributed by atoms with van der Waals surface area (Å²) >= 11 is 6.34. The smallest absolute Gasteiger partial charge is 0.265 e. The van der Waals surface area contributed by atoms with E-state index in [9.17, 15) is 18.0 Å². The Morgan fingerprint density at radius 1 is 0.848 bits per heavy atom. The summed E-state index contributed by atoms with van der Waals surface area (Å²) in [5.74, 6) is 0.379. The maximum atomic E-state index is 14.4. The lowest BCUT2D eigenvalue weighted by atomic mass is 10.1. The molecule has 0 aromatic heterocycles. The summed E-state index contributed by atoms with van der Waals surface area (Å²) in [4.78, 5) is 29.0. The molecule has 0 radical (unpaired) electrons. The van der Waals surface area contributed by atoms with Crippen LogP contribution in [0.1, 0.15) is 38.7 Å². The molecule has 0 saturated heterocycles. The van der Waals surface area contributed by atoms with Crippen LogP contribution < -0.4 is 28.6 Å². The molecule has 0 unspecified atom stereocenters. The number of ether oxygens (including phenoxy) is 4. The monoisotopic (exact) mass is 675 g/mol. The van der Waals surface area contributed by atoms with Crippen molar-refractivity contribution >= 4 is 39.1 Å². The van der Waals surface area contributed by atoms with Crippen molar-refractivity contribution in [3.8, 4) is 23.0 Å². The van der Waals surface area contributed by atoms with Gasteiger partial charge >= 0.3 is 0 Å². The first-order valence-electron chi connectivity index (χ1n) is 14.8. The van der Waals surface area contributed by atoms with Gasteiger partial charge in [0.2, 0.25) is 11.8 Å². The van der Waals surface area contributed by atoms with E-state index in [2.05, 4.69) is 5.32 Å². The highest BCUT2D eigenvalue weighted by atomic mass is 35.5. The number of carbonyl (C=O) groups is 2. The van der Waals surface area contributed by atoms with Gasteiger partial charge in [0.15, 0.2) is 11.5 Å². The Hall–Kier alpha value is -4.16. The minimum Gasteiger partial charge on any atom is -0.497 e. The molecule has 0 saturated carbocycles. The van der Waals surface area contributed by atoms with Gasteiger partial charge in [0, 0.05) is 24.2 Å². The predicted octanol–water partition coefficient (Wildman–Crippen LogP) is 5.29. The quantitative estimate of drug-likeness (QED) is 0.192.